The molecule has 2 rings (SSSR count). The molecule has 2 heterocycles. The standard InChI is InChI=1S/C9H9N5O2S/c1-5-11-12-9(17-5)10-8(16)6-3-4-7(15)14(2)13-6/h3-4H,1-2H3,(H,10,12,16). The second-order valence-electron chi connectivity index (χ2n) is 3.26. The number of nitrogens with one attached hydrogen (secondary N) is 1. The van der Waals surface area contributed by atoms with Gasteiger partial charge in [0.05, 0.1) is 0 Å². The van der Waals surface area contributed by atoms with Gasteiger partial charge in [-0.3, -0.25) is 14.9 Å². The minimum atomic E-state index is -0.420. The molecule has 0 aliphatic heterocycles. The lowest BCUT2D eigenvalue weighted by Crippen LogP contribution is -2.23. The highest BCUT2D eigenvalue weighted by molar-refractivity contribution is 7.15. The summed E-state index contributed by atoms with van der Waals surface area (Å²) < 4.78 is 1.10. The average molecular weight is 251 g/mol. The summed E-state index contributed by atoms with van der Waals surface area (Å²) in [6.45, 7) is 1.79. The van der Waals surface area contributed by atoms with Gasteiger partial charge in [-0.25, -0.2) is 4.68 Å². The van der Waals surface area contributed by atoms with Gasteiger partial charge in [-0.05, 0) is 13.0 Å². The van der Waals surface area contributed by atoms with Crippen molar-refractivity contribution in [1.29, 1.82) is 0 Å². The van der Waals surface area contributed by atoms with E-state index in [9.17, 15) is 9.59 Å². The molecule has 1 N–H and O–H groups in total. The van der Waals surface area contributed by atoms with Gasteiger partial charge in [0.15, 0.2) is 0 Å². The van der Waals surface area contributed by atoms with E-state index >= 15 is 0 Å². The molecule has 17 heavy (non-hydrogen) atoms. The van der Waals surface area contributed by atoms with Crippen molar-refractivity contribution in [1.82, 2.24) is 20.0 Å². The zero-order valence-corrected chi connectivity index (χ0v) is 9.98. The molecule has 0 saturated heterocycles. The molecule has 8 heteroatoms. The van der Waals surface area contributed by atoms with Crippen molar-refractivity contribution in [2.45, 2.75) is 6.92 Å². The quantitative estimate of drug-likeness (QED) is 0.823. The molecule has 2 aromatic rings. The molecule has 0 unspecified atom stereocenters. The van der Waals surface area contributed by atoms with Crippen LogP contribution in [-0.2, 0) is 7.05 Å². The summed E-state index contributed by atoms with van der Waals surface area (Å²) in [6.07, 6.45) is 0. The predicted octanol–water partition coefficient (Wildman–Crippen LogP) is 0.193. The normalized spacial score (nSPS) is 10.2. The largest absolute Gasteiger partial charge is 0.295 e. The molecule has 0 atom stereocenters. The highest BCUT2D eigenvalue weighted by Gasteiger charge is 2.11. The summed E-state index contributed by atoms with van der Waals surface area (Å²) in [5, 5.41) is 15.1. The maximum Gasteiger partial charge on any atom is 0.277 e. The van der Waals surface area contributed by atoms with Gasteiger partial charge in [0.25, 0.3) is 11.5 Å². The van der Waals surface area contributed by atoms with Gasteiger partial charge in [0.2, 0.25) is 5.13 Å². The minimum absolute atomic E-state index is 0.153. The lowest BCUT2D eigenvalue weighted by Gasteiger charge is -2.01. The molecular formula is C9H9N5O2S. The number of amides is 1. The molecule has 0 bridgehead atoms. The smallest absolute Gasteiger partial charge is 0.277 e. The fourth-order valence-corrected chi connectivity index (χ4v) is 1.72. The van der Waals surface area contributed by atoms with Gasteiger partial charge in [-0.15, -0.1) is 10.2 Å². The zero-order valence-electron chi connectivity index (χ0n) is 9.17. The van der Waals surface area contributed by atoms with Crippen LogP contribution in [-0.4, -0.2) is 25.9 Å². The van der Waals surface area contributed by atoms with Crippen molar-refractivity contribution in [2.75, 3.05) is 5.32 Å². The molecule has 0 spiro atoms. The van der Waals surface area contributed by atoms with E-state index in [4.69, 9.17) is 0 Å². The number of rotatable bonds is 2. The molecule has 0 aliphatic carbocycles. The third kappa shape index (κ3) is 2.53. The van der Waals surface area contributed by atoms with Crippen LogP contribution in [0.4, 0.5) is 5.13 Å². The highest BCUT2D eigenvalue weighted by atomic mass is 32.1. The Morgan fingerprint density at radius 3 is 2.76 bits per heavy atom. The summed E-state index contributed by atoms with van der Waals surface area (Å²) in [5.41, 5.74) is -0.117. The molecule has 0 aliphatic rings. The topological polar surface area (TPSA) is 89.8 Å². The maximum absolute atomic E-state index is 11.7. The number of nitrogens with zero attached hydrogens (tertiary/aromatic N) is 4. The molecule has 7 nitrogen and oxygen atoms in total. The van der Waals surface area contributed by atoms with Crippen molar-refractivity contribution in [3.8, 4) is 0 Å². The van der Waals surface area contributed by atoms with Crippen molar-refractivity contribution in [3.05, 3.63) is 33.2 Å². The monoisotopic (exact) mass is 251 g/mol. The van der Waals surface area contributed by atoms with Crippen LogP contribution >= 0.6 is 11.3 Å². The van der Waals surface area contributed by atoms with Crippen molar-refractivity contribution in [3.63, 3.8) is 0 Å². The first-order valence-corrected chi connectivity index (χ1v) is 5.54. The number of hydrogen-bond donors (Lipinski definition) is 1. The van der Waals surface area contributed by atoms with E-state index in [1.807, 2.05) is 0 Å². The second-order valence-corrected chi connectivity index (χ2v) is 4.44. The van der Waals surface area contributed by atoms with Gasteiger partial charge < -0.3 is 0 Å². The molecule has 2 aromatic heterocycles. The van der Waals surface area contributed by atoms with Crippen LogP contribution in [0.15, 0.2) is 16.9 Å². The SMILES string of the molecule is Cc1nnc(NC(=O)c2ccc(=O)n(C)n2)s1. The minimum Gasteiger partial charge on any atom is -0.295 e. The number of carbonyl (C=O) groups is 1. The molecule has 0 fully saturated rings. The second kappa shape index (κ2) is 4.42. The Morgan fingerprint density at radius 2 is 2.18 bits per heavy atom. The number of hydrogen-bond acceptors (Lipinski definition) is 6. The first kappa shape index (κ1) is 11.4. The van der Waals surface area contributed by atoms with E-state index < -0.39 is 5.91 Å². The molecular weight excluding hydrogens is 242 g/mol. The van der Waals surface area contributed by atoms with Crippen LogP contribution in [0.2, 0.25) is 0 Å². The predicted molar refractivity (Wildman–Crippen MR) is 62.1 cm³/mol. The highest BCUT2D eigenvalue weighted by Crippen LogP contribution is 2.14. The van der Waals surface area contributed by atoms with Gasteiger partial charge >= 0.3 is 0 Å². The summed E-state index contributed by atoms with van der Waals surface area (Å²) in [5.74, 6) is -0.420. The van der Waals surface area contributed by atoms with Crippen molar-refractivity contribution >= 4 is 22.4 Å². The molecule has 0 saturated carbocycles. The van der Waals surface area contributed by atoms with Crippen LogP contribution in [0.25, 0.3) is 0 Å². The Bertz CT molecular complexity index is 618. The zero-order chi connectivity index (χ0) is 12.4. The Kier molecular flexibility index (Phi) is 2.96. The Morgan fingerprint density at radius 1 is 1.41 bits per heavy atom. The first-order chi connectivity index (χ1) is 8.06. The third-order valence-corrected chi connectivity index (χ3v) is 2.69. The van der Waals surface area contributed by atoms with E-state index in [0.717, 1.165) is 9.69 Å². The van der Waals surface area contributed by atoms with Crippen LogP contribution < -0.4 is 10.9 Å². The van der Waals surface area contributed by atoms with Crippen LogP contribution in [0.5, 0.6) is 0 Å². The number of anilines is 1. The summed E-state index contributed by atoms with van der Waals surface area (Å²) in [6, 6.07) is 2.65. The van der Waals surface area contributed by atoms with Gasteiger partial charge in [-0.2, -0.15) is 5.10 Å². The lowest BCUT2D eigenvalue weighted by molar-refractivity contribution is 0.102. The molecule has 0 radical (unpaired) electrons. The summed E-state index contributed by atoms with van der Waals surface area (Å²) in [7, 11) is 1.48. The van der Waals surface area contributed by atoms with Crippen molar-refractivity contribution < 1.29 is 4.79 Å². The number of carbonyl (C=O) groups excluding carboxylic acids is 1. The summed E-state index contributed by atoms with van der Waals surface area (Å²) >= 11 is 1.27. The first-order valence-electron chi connectivity index (χ1n) is 4.72. The fraction of sp³-hybridized carbons (Fsp3) is 0.222. The van der Waals surface area contributed by atoms with Gasteiger partial charge in [0, 0.05) is 13.1 Å². The summed E-state index contributed by atoms with van der Waals surface area (Å²) in [4.78, 5) is 22.8. The lowest BCUT2D eigenvalue weighted by atomic mass is 10.4. The maximum atomic E-state index is 11.7. The van der Waals surface area contributed by atoms with Crippen molar-refractivity contribution in [2.24, 2.45) is 7.05 Å². The molecule has 0 aromatic carbocycles. The average Bonchev–Trinajstić information content (AvgIpc) is 2.68. The Labute approximate surface area is 100 Å². The van der Waals surface area contributed by atoms with Gasteiger partial charge in [-0.1, -0.05) is 11.3 Å². The van der Waals surface area contributed by atoms with E-state index in [1.165, 1.54) is 30.5 Å². The van der Waals surface area contributed by atoms with E-state index in [0.29, 0.717) is 5.13 Å². The van der Waals surface area contributed by atoms with E-state index in [-0.39, 0.29) is 11.3 Å². The fourth-order valence-electron chi connectivity index (χ4n) is 1.13. The molecule has 88 valence electrons. The van der Waals surface area contributed by atoms with Crippen LogP contribution in [0.3, 0.4) is 0 Å². The third-order valence-electron chi connectivity index (χ3n) is 1.94. The number of aryl methyl sites for hydroxylation is 2. The Balaban J connectivity index is 2.20. The number of aromatic nitrogens is 4. The molecule has 1 amide bonds. The Hall–Kier alpha value is -2.09. The van der Waals surface area contributed by atoms with Crippen LogP contribution in [0.1, 0.15) is 15.5 Å². The van der Waals surface area contributed by atoms with Crippen LogP contribution in [0, 0.1) is 6.92 Å². The van der Waals surface area contributed by atoms with Gasteiger partial charge in [0.1, 0.15) is 10.7 Å². The van der Waals surface area contributed by atoms with E-state index in [2.05, 4.69) is 20.6 Å². The van der Waals surface area contributed by atoms with E-state index in [1.54, 1.807) is 6.92 Å².